The average molecular weight is 328 g/mol. The molecule has 2 atom stereocenters. The molecule has 0 aliphatic heterocycles. The van der Waals surface area contributed by atoms with Gasteiger partial charge in [-0.3, -0.25) is 0 Å². The van der Waals surface area contributed by atoms with E-state index in [-0.39, 0.29) is 0 Å². The summed E-state index contributed by atoms with van der Waals surface area (Å²) in [4.78, 5) is 0. The summed E-state index contributed by atoms with van der Waals surface area (Å²) in [5.74, 6) is 1.25. The van der Waals surface area contributed by atoms with Crippen LogP contribution in [0.5, 0.6) is 0 Å². The van der Waals surface area contributed by atoms with Crippen LogP contribution in [0.25, 0.3) is 31.3 Å². The van der Waals surface area contributed by atoms with Crippen molar-refractivity contribution in [2.24, 2.45) is 5.92 Å². The van der Waals surface area contributed by atoms with Crippen LogP contribution in [-0.2, 0) is 6.42 Å². The number of hydrogen-bond acceptors (Lipinski definition) is 1. The van der Waals surface area contributed by atoms with E-state index in [9.17, 15) is 0 Å². The highest BCUT2D eigenvalue weighted by molar-refractivity contribution is 7.26. The maximum atomic E-state index is 2.40. The van der Waals surface area contributed by atoms with Crippen molar-refractivity contribution in [3.63, 3.8) is 0 Å². The molecule has 24 heavy (non-hydrogen) atoms. The Morgan fingerprint density at radius 3 is 2.54 bits per heavy atom. The fourth-order valence-electron chi connectivity index (χ4n) is 4.23. The minimum Gasteiger partial charge on any atom is -0.135 e. The third kappa shape index (κ3) is 1.91. The van der Waals surface area contributed by atoms with Gasteiger partial charge in [0.15, 0.2) is 0 Å². The third-order valence-corrected chi connectivity index (χ3v) is 6.96. The summed E-state index contributed by atoms with van der Waals surface area (Å²) in [6, 6.07) is 22.6. The Hall–Kier alpha value is -2.12. The first-order valence-electron chi connectivity index (χ1n) is 8.76. The molecular weight excluding hydrogens is 308 g/mol. The number of rotatable bonds is 0. The zero-order chi connectivity index (χ0) is 16.3. The largest absolute Gasteiger partial charge is 0.135 e. The molecule has 1 heterocycles. The van der Waals surface area contributed by atoms with Gasteiger partial charge in [-0.25, -0.2) is 0 Å². The van der Waals surface area contributed by atoms with E-state index in [0.717, 1.165) is 0 Å². The molecule has 0 nitrogen and oxygen atoms in total. The van der Waals surface area contributed by atoms with Gasteiger partial charge in [-0.15, -0.1) is 11.3 Å². The molecule has 1 heteroatoms. The lowest BCUT2D eigenvalue weighted by Gasteiger charge is -2.19. The molecule has 3 aromatic carbocycles. The van der Waals surface area contributed by atoms with Crippen LogP contribution in [-0.4, -0.2) is 0 Å². The highest BCUT2D eigenvalue weighted by Gasteiger charge is 2.26. The number of thiophene rings is 1. The molecule has 0 radical (unpaired) electrons. The van der Waals surface area contributed by atoms with Crippen LogP contribution in [0.15, 0.2) is 60.7 Å². The van der Waals surface area contributed by atoms with Gasteiger partial charge >= 0.3 is 0 Å². The molecule has 1 aromatic heterocycles. The van der Waals surface area contributed by atoms with Crippen LogP contribution in [0.2, 0.25) is 0 Å². The molecule has 0 bridgehead atoms. The van der Waals surface area contributed by atoms with Gasteiger partial charge in [0.1, 0.15) is 0 Å². The Morgan fingerprint density at radius 1 is 0.833 bits per heavy atom. The minimum atomic E-state index is 0.585. The molecule has 1 aliphatic rings. The van der Waals surface area contributed by atoms with Gasteiger partial charge in [0.2, 0.25) is 0 Å². The van der Waals surface area contributed by atoms with E-state index in [4.69, 9.17) is 0 Å². The van der Waals surface area contributed by atoms with Crippen LogP contribution < -0.4 is 0 Å². The fourth-order valence-corrected chi connectivity index (χ4v) is 5.51. The summed E-state index contributed by atoms with van der Waals surface area (Å²) >= 11 is 1.95. The second-order valence-electron chi connectivity index (χ2n) is 7.13. The molecule has 4 aromatic rings. The van der Waals surface area contributed by atoms with Crippen molar-refractivity contribution >= 4 is 31.5 Å². The van der Waals surface area contributed by atoms with E-state index in [1.807, 2.05) is 11.3 Å². The van der Waals surface area contributed by atoms with Gasteiger partial charge in [0.25, 0.3) is 0 Å². The van der Waals surface area contributed by atoms with Crippen LogP contribution in [0.4, 0.5) is 0 Å². The zero-order valence-corrected chi connectivity index (χ0v) is 14.9. The number of benzene rings is 3. The van der Waals surface area contributed by atoms with Crippen LogP contribution in [0.1, 0.15) is 30.9 Å². The van der Waals surface area contributed by atoms with Crippen molar-refractivity contribution in [3.8, 4) is 11.1 Å². The van der Waals surface area contributed by atoms with Crippen LogP contribution in [0, 0.1) is 5.92 Å². The van der Waals surface area contributed by atoms with Crippen molar-refractivity contribution in [2.45, 2.75) is 26.2 Å². The molecule has 2 unspecified atom stereocenters. The predicted molar refractivity (Wildman–Crippen MR) is 106 cm³/mol. The molecule has 0 saturated carbocycles. The van der Waals surface area contributed by atoms with E-state index in [2.05, 4.69) is 74.5 Å². The van der Waals surface area contributed by atoms with Crippen molar-refractivity contribution in [1.29, 1.82) is 0 Å². The first kappa shape index (κ1) is 14.2. The van der Waals surface area contributed by atoms with Crippen molar-refractivity contribution in [1.82, 2.24) is 0 Å². The molecule has 0 fully saturated rings. The standard InChI is InChI=1S/C23H20S/c1-14-13-16-7-3-4-8-18(16)22-17(15(14)2)11-12-20-19-9-5-6-10-21(19)24-23(20)22/h3-12,14-15H,13H2,1-2H3. The second kappa shape index (κ2) is 5.19. The Morgan fingerprint density at radius 2 is 1.62 bits per heavy atom. The molecular formula is C23H20S. The SMILES string of the molecule is CC1Cc2ccccc2-c2c(ccc3c2sc2ccccc23)C1C. The molecule has 0 N–H and O–H groups in total. The molecule has 0 spiro atoms. The van der Waals surface area contributed by atoms with Crippen molar-refractivity contribution in [2.75, 3.05) is 0 Å². The number of hydrogen-bond donors (Lipinski definition) is 0. The summed E-state index contributed by atoms with van der Waals surface area (Å²) in [7, 11) is 0. The quantitative estimate of drug-likeness (QED) is 0.325. The van der Waals surface area contributed by atoms with Gasteiger partial charge in [-0.2, -0.15) is 0 Å². The van der Waals surface area contributed by atoms with Crippen molar-refractivity contribution in [3.05, 3.63) is 71.8 Å². The fraction of sp³-hybridized carbons (Fsp3) is 0.217. The molecule has 0 saturated heterocycles. The van der Waals surface area contributed by atoms with Gasteiger partial charge in [-0.05, 0) is 41.0 Å². The lowest BCUT2D eigenvalue weighted by atomic mass is 9.86. The maximum Gasteiger partial charge on any atom is 0.0436 e. The van der Waals surface area contributed by atoms with Crippen LogP contribution in [0.3, 0.4) is 0 Å². The third-order valence-electron chi connectivity index (χ3n) is 5.75. The molecule has 0 amide bonds. The predicted octanol–water partition coefficient (Wildman–Crippen LogP) is 7.02. The minimum absolute atomic E-state index is 0.585. The van der Waals surface area contributed by atoms with Gasteiger partial charge < -0.3 is 0 Å². The average Bonchev–Trinajstić information content (AvgIpc) is 2.94. The molecule has 1 aliphatic carbocycles. The van der Waals surface area contributed by atoms with Crippen molar-refractivity contribution < 1.29 is 0 Å². The van der Waals surface area contributed by atoms with E-state index in [0.29, 0.717) is 11.8 Å². The summed E-state index contributed by atoms with van der Waals surface area (Å²) in [6.07, 6.45) is 1.17. The van der Waals surface area contributed by atoms with E-state index < -0.39 is 0 Å². The zero-order valence-electron chi connectivity index (χ0n) is 14.0. The van der Waals surface area contributed by atoms with Gasteiger partial charge in [-0.1, -0.05) is 68.4 Å². The van der Waals surface area contributed by atoms with Gasteiger partial charge in [0, 0.05) is 25.7 Å². The Balaban J connectivity index is 1.97. The van der Waals surface area contributed by atoms with E-state index >= 15 is 0 Å². The maximum absolute atomic E-state index is 2.40. The van der Waals surface area contributed by atoms with E-state index in [1.165, 1.54) is 48.8 Å². The monoisotopic (exact) mass is 328 g/mol. The lowest BCUT2D eigenvalue weighted by Crippen LogP contribution is -2.07. The molecule has 5 rings (SSSR count). The molecule has 118 valence electrons. The summed E-state index contributed by atoms with van der Waals surface area (Å²) in [5, 5.41) is 2.80. The Kier molecular flexibility index (Phi) is 3.08. The first-order chi connectivity index (χ1) is 11.7. The smallest absolute Gasteiger partial charge is 0.0436 e. The van der Waals surface area contributed by atoms with E-state index in [1.54, 1.807) is 0 Å². The summed E-state index contributed by atoms with van der Waals surface area (Å²) in [6.45, 7) is 4.79. The Bertz CT molecular complexity index is 1070. The normalized spacial score (nSPS) is 19.9. The Labute approximate surface area is 146 Å². The highest BCUT2D eigenvalue weighted by atomic mass is 32.1. The topological polar surface area (TPSA) is 0 Å². The van der Waals surface area contributed by atoms with Crippen LogP contribution >= 0.6 is 11.3 Å². The summed E-state index contributed by atoms with van der Waals surface area (Å²) < 4.78 is 2.85. The highest BCUT2D eigenvalue weighted by Crippen LogP contribution is 2.47. The van der Waals surface area contributed by atoms with Gasteiger partial charge in [0.05, 0.1) is 0 Å². The first-order valence-corrected chi connectivity index (χ1v) is 9.58. The number of fused-ring (bicyclic) bond motifs is 7. The lowest BCUT2D eigenvalue weighted by molar-refractivity contribution is 0.491. The summed E-state index contributed by atoms with van der Waals surface area (Å²) in [5.41, 5.74) is 5.95. The second-order valence-corrected chi connectivity index (χ2v) is 8.18.